The molecule has 14 heteroatoms. The fourth-order valence-corrected chi connectivity index (χ4v) is 4.33. The van der Waals surface area contributed by atoms with Crippen LogP contribution in [0, 0.1) is 0 Å². The van der Waals surface area contributed by atoms with Gasteiger partial charge in [0.15, 0.2) is 0 Å². The van der Waals surface area contributed by atoms with Gasteiger partial charge in [-0.3, -0.25) is 9.78 Å². The first-order chi connectivity index (χ1) is 17.3. The van der Waals surface area contributed by atoms with Crippen molar-refractivity contribution in [1.29, 1.82) is 0 Å². The number of halogens is 3. The second kappa shape index (κ2) is 12.8. The van der Waals surface area contributed by atoms with E-state index in [2.05, 4.69) is 9.71 Å². The quantitative estimate of drug-likeness (QED) is 0.327. The van der Waals surface area contributed by atoms with E-state index in [-0.39, 0.29) is 23.5 Å². The van der Waals surface area contributed by atoms with Crippen LogP contribution < -0.4 is 9.46 Å². The summed E-state index contributed by atoms with van der Waals surface area (Å²) >= 11 is 0. The third-order valence-corrected chi connectivity index (χ3v) is 6.14. The Labute approximate surface area is 208 Å². The topological polar surface area (TPSA) is 160 Å². The molecule has 3 aromatic rings. The molecule has 0 fully saturated rings. The zero-order chi connectivity index (χ0) is 27.6. The number of nitrogens with zero attached hydrogens (tertiary/aromatic N) is 1. The molecule has 3 rings (SSSR count). The number of fused-ring (bicyclic) bond motifs is 1. The maximum absolute atomic E-state index is 12.7. The number of sulfonamides is 1. The molecule has 2 aromatic carbocycles. The first-order valence-electron chi connectivity index (χ1n) is 10.4. The lowest BCUT2D eigenvalue weighted by molar-refractivity contribution is -0.192. The van der Waals surface area contributed by atoms with E-state index < -0.39 is 40.6 Å². The molecule has 1 atom stereocenters. The molecule has 0 amide bonds. The zero-order valence-corrected chi connectivity index (χ0v) is 19.7. The van der Waals surface area contributed by atoms with Crippen LogP contribution in [0.3, 0.4) is 0 Å². The van der Waals surface area contributed by atoms with Crippen LogP contribution in [0.5, 0.6) is 5.75 Å². The van der Waals surface area contributed by atoms with E-state index in [0.717, 1.165) is 16.5 Å². The maximum Gasteiger partial charge on any atom is 0.490 e. The van der Waals surface area contributed by atoms with E-state index in [1.807, 2.05) is 30.3 Å². The Morgan fingerprint density at radius 3 is 2.35 bits per heavy atom. The van der Waals surface area contributed by atoms with Crippen molar-refractivity contribution in [2.45, 2.75) is 30.0 Å². The van der Waals surface area contributed by atoms with Gasteiger partial charge in [-0.25, -0.2) is 17.9 Å². The number of pyridine rings is 1. The number of benzene rings is 2. The Bertz CT molecular complexity index is 1360. The van der Waals surface area contributed by atoms with Crippen molar-refractivity contribution in [1.82, 2.24) is 9.71 Å². The predicted molar refractivity (Wildman–Crippen MR) is 124 cm³/mol. The third kappa shape index (κ3) is 8.84. The van der Waals surface area contributed by atoms with Crippen molar-refractivity contribution >= 4 is 39.2 Å². The molecule has 0 aliphatic carbocycles. The minimum Gasteiger partial charge on any atom is -0.492 e. The highest BCUT2D eigenvalue weighted by atomic mass is 32.2. The number of carbonyl (C=O) groups excluding carboxylic acids is 1. The van der Waals surface area contributed by atoms with Crippen LogP contribution in [0.15, 0.2) is 65.7 Å². The zero-order valence-electron chi connectivity index (χ0n) is 18.9. The summed E-state index contributed by atoms with van der Waals surface area (Å²) in [6, 6.07) is 14.2. The van der Waals surface area contributed by atoms with Crippen molar-refractivity contribution in [3.63, 3.8) is 0 Å². The van der Waals surface area contributed by atoms with Crippen LogP contribution >= 0.6 is 0 Å². The molecular weight excluding hydrogens is 521 g/mol. The lowest BCUT2D eigenvalue weighted by atomic mass is 10.1. The number of aromatic nitrogens is 1. The highest BCUT2D eigenvalue weighted by molar-refractivity contribution is 7.89. The van der Waals surface area contributed by atoms with Gasteiger partial charge in [-0.05, 0) is 29.8 Å². The van der Waals surface area contributed by atoms with Gasteiger partial charge < -0.3 is 19.7 Å². The fraction of sp³-hybridized carbons (Fsp3) is 0.217. The normalized spacial score (nSPS) is 12.2. The molecule has 10 nitrogen and oxygen atoms in total. The molecule has 3 N–H and O–H groups in total. The van der Waals surface area contributed by atoms with Gasteiger partial charge in [0.05, 0.1) is 24.6 Å². The van der Waals surface area contributed by atoms with Crippen molar-refractivity contribution in [2.24, 2.45) is 0 Å². The summed E-state index contributed by atoms with van der Waals surface area (Å²) in [7, 11) is -4.16. The van der Waals surface area contributed by atoms with Gasteiger partial charge in [-0.15, -0.1) is 0 Å². The predicted octanol–water partition coefficient (Wildman–Crippen LogP) is 2.81. The van der Waals surface area contributed by atoms with Gasteiger partial charge in [0.25, 0.3) is 0 Å². The third-order valence-electron chi connectivity index (χ3n) is 4.61. The van der Waals surface area contributed by atoms with Gasteiger partial charge in [0, 0.05) is 18.0 Å². The number of carbonyl (C=O) groups is 3. The second-order valence-corrected chi connectivity index (χ2v) is 8.98. The van der Waals surface area contributed by atoms with Crippen LogP contribution in [0.4, 0.5) is 13.2 Å². The summed E-state index contributed by atoms with van der Waals surface area (Å²) in [6.45, 7) is 0.215. The van der Waals surface area contributed by atoms with Crippen LogP contribution in [-0.2, 0) is 30.8 Å². The largest absolute Gasteiger partial charge is 0.492 e. The Morgan fingerprint density at radius 2 is 1.73 bits per heavy atom. The summed E-state index contributed by atoms with van der Waals surface area (Å²) in [5.74, 6) is -3.93. The molecule has 0 saturated heterocycles. The Morgan fingerprint density at radius 1 is 1.05 bits per heavy atom. The smallest absolute Gasteiger partial charge is 0.490 e. The van der Waals surface area contributed by atoms with E-state index in [0.29, 0.717) is 6.42 Å². The molecule has 1 aromatic heterocycles. The van der Waals surface area contributed by atoms with E-state index in [9.17, 15) is 31.2 Å². The first-order valence-corrected chi connectivity index (χ1v) is 11.9. The Balaban J connectivity index is 0.000000604. The van der Waals surface area contributed by atoms with E-state index in [4.69, 9.17) is 19.7 Å². The molecule has 0 saturated carbocycles. The highest BCUT2D eigenvalue weighted by Gasteiger charge is 2.38. The highest BCUT2D eigenvalue weighted by Crippen LogP contribution is 2.24. The Kier molecular flexibility index (Phi) is 10.1. The first kappa shape index (κ1) is 29.2. The van der Waals surface area contributed by atoms with Crippen LogP contribution in [0.1, 0.15) is 12.0 Å². The maximum atomic E-state index is 12.7. The number of aliphatic carboxylic acids is 2. The van der Waals surface area contributed by atoms with Gasteiger partial charge in [0.1, 0.15) is 16.9 Å². The molecule has 1 unspecified atom stereocenters. The van der Waals surface area contributed by atoms with Gasteiger partial charge in [-0.2, -0.15) is 13.2 Å². The molecule has 37 heavy (non-hydrogen) atoms. The molecule has 0 aliphatic rings. The average molecular weight is 542 g/mol. The van der Waals surface area contributed by atoms with Gasteiger partial charge in [-0.1, -0.05) is 30.3 Å². The lowest BCUT2D eigenvalue weighted by Gasteiger charge is -2.15. The molecular formula is C23H21F3N2O8S. The minimum atomic E-state index is -5.08. The molecule has 198 valence electrons. The molecule has 1 heterocycles. The SMILES string of the molecule is O=C(O)C(F)(F)F.O=CC(CC(=O)O)NS(=O)(=O)c1ccccc1OCCc1cccc2ncccc12. The summed E-state index contributed by atoms with van der Waals surface area (Å²) in [6.07, 6.45) is -3.24. The van der Waals surface area contributed by atoms with Crippen molar-refractivity contribution < 1.29 is 50.9 Å². The molecule has 0 radical (unpaired) electrons. The summed E-state index contributed by atoms with van der Waals surface area (Å²) < 4.78 is 64.9. The van der Waals surface area contributed by atoms with Crippen LogP contribution in [-0.4, -0.2) is 60.7 Å². The van der Waals surface area contributed by atoms with Crippen molar-refractivity contribution in [3.05, 3.63) is 66.4 Å². The number of alkyl halides is 3. The number of nitrogens with one attached hydrogen (secondary N) is 1. The van der Waals surface area contributed by atoms with Crippen molar-refractivity contribution in [3.8, 4) is 5.75 Å². The fourth-order valence-electron chi connectivity index (χ4n) is 3.02. The van der Waals surface area contributed by atoms with Gasteiger partial charge in [0.2, 0.25) is 10.0 Å². The minimum absolute atomic E-state index is 0.114. The van der Waals surface area contributed by atoms with Gasteiger partial charge >= 0.3 is 18.1 Å². The number of carboxylic acids is 2. The lowest BCUT2D eigenvalue weighted by Crippen LogP contribution is -2.37. The molecule has 0 spiro atoms. The monoisotopic (exact) mass is 542 g/mol. The number of aldehydes is 1. The number of rotatable bonds is 10. The number of hydrogen-bond acceptors (Lipinski definition) is 7. The number of para-hydroxylation sites is 1. The Hall–Kier alpha value is -4.04. The molecule has 0 bridgehead atoms. The second-order valence-electron chi connectivity index (χ2n) is 7.30. The summed E-state index contributed by atoms with van der Waals surface area (Å²) in [5.41, 5.74) is 1.88. The molecule has 0 aliphatic heterocycles. The summed E-state index contributed by atoms with van der Waals surface area (Å²) in [5, 5.41) is 16.9. The van der Waals surface area contributed by atoms with Crippen LogP contribution in [0.25, 0.3) is 10.9 Å². The number of ether oxygens (including phenoxy) is 1. The van der Waals surface area contributed by atoms with E-state index >= 15 is 0 Å². The summed E-state index contributed by atoms with van der Waals surface area (Å²) in [4.78, 5) is 34.9. The number of carboxylic acid groups (broad SMARTS) is 2. The van der Waals surface area contributed by atoms with E-state index in [1.54, 1.807) is 12.3 Å². The van der Waals surface area contributed by atoms with Crippen LogP contribution in [0.2, 0.25) is 0 Å². The number of hydrogen-bond donors (Lipinski definition) is 3. The van der Waals surface area contributed by atoms with E-state index in [1.165, 1.54) is 18.2 Å². The standard InChI is InChI=1S/C21H20N2O6S.C2HF3O2/c24-14-16(13-21(25)26)23-30(27,28)20-9-2-1-8-19(20)29-12-10-15-5-3-7-18-17(15)6-4-11-22-18;3-2(4,5)1(6)7/h1-9,11,14,16,23H,10,12-13H2,(H,25,26);(H,6,7). The van der Waals surface area contributed by atoms with Crippen molar-refractivity contribution in [2.75, 3.05) is 6.61 Å². The average Bonchev–Trinajstić information content (AvgIpc) is 2.83.